The van der Waals surface area contributed by atoms with Crippen molar-refractivity contribution in [1.82, 2.24) is 15.7 Å². The van der Waals surface area contributed by atoms with E-state index in [2.05, 4.69) is 27.6 Å². The van der Waals surface area contributed by atoms with Crippen LogP contribution in [0.15, 0.2) is 15.2 Å². The van der Waals surface area contributed by atoms with Gasteiger partial charge in [0.1, 0.15) is 0 Å². The molecule has 84 valence electrons. The van der Waals surface area contributed by atoms with Gasteiger partial charge >= 0.3 is 4.87 Å². The number of aromatic nitrogens is 1. The highest BCUT2D eigenvalue weighted by Gasteiger charge is 1.97. The lowest BCUT2D eigenvalue weighted by atomic mass is 10.5. The Bertz CT molecular complexity index is 369. The van der Waals surface area contributed by atoms with Crippen LogP contribution in [0.5, 0.6) is 0 Å². The van der Waals surface area contributed by atoms with E-state index in [1.807, 2.05) is 0 Å². The highest BCUT2D eigenvalue weighted by atomic mass is 32.1. The molecule has 1 heterocycles. The summed E-state index contributed by atoms with van der Waals surface area (Å²) >= 11 is 1.13. The minimum Gasteiger partial charge on any atom is -0.355 e. The van der Waals surface area contributed by atoms with Crippen LogP contribution in [-0.4, -0.2) is 17.5 Å². The van der Waals surface area contributed by atoms with Gasteiger partial charge in [-0.25, -0.2) is 10.8 Å². The smallest absolute Gasteiger partial charge is 0.304 e. The largest absolute Gasteiger partial charge is 0.355 e. The quantitative estimate of drug-likeness (QED) is 0.248. The van der Waals surface area contributed by atoms with Crippen LogP contribution in [-0.2, 0) is 6.54 Å². The zero-order valence-electron chi connectivity index (χ0n) is 8.54. The summed E-state index contributed by atoms with van der Waals surface area (Å²) < 4.78 is 0. The van der Waals surface area contributed by atoms with Gasteiger partial charge in [0.25, 0.3) is 0 Å². The number of rotatable bonds is 4. The van der Waals surface area contributed by atoms with Crippen molar-refractivity contribution in [3.05, 3.63) is 20.7 Å². The number of hydrogen-bond acceptors (Lipinski definition) is 4. The molecule has 0 aromatic carbocycles. The van der Waals surface area contributed by atoms with Crippen molar-refractivity contribution in [2.24, 2.45) is 10.8 Å². The maximum Gasteiger partial charge on any atom is 0.304 e. The lowest BCUT2D eigenvalue weighted by Crippen LogP contribution is -2.41. The first-order valence-electron chi connectivity index (χ1n) is 4.68. The van der Waals surface area contributed by atoms with Gasteiger partial charge in [0.05, 0.1) is 12.2 Å². The summed E-state index contributed by atoms with van der Waals surface area (Å²) in [6, 6.07) is 0. The lowest BCUT2D eigenvalue weighted by molar-refractivity contribution is 0.788. The van der Waals surface area contributed by atoms with Crippen molar-refractivity contribution in [2.75, 3.05) is 6.54 Å². The average Bonchev–Trinajstić information content (AvgIpc) is 2.65. The fourth-order valence-corrected chi connectivity index (χ4v) is 1.52. The molecule has 0 fully saturated rings. The summed E-state index contributed by atoms with van der Waals surface area (Å²) in [4.78, 5) is 17.6. The fourth-order valence-electron chi connectivity index (χ4n) is 0.952. The second kappa shape index (κ2) is 6.20. The Labute approximate surface area is 91.6 Å². The van der Waals surface area contributed by atoms with Crippen LogP contribution in [0.3, 0.4) is 0 Å². The molecule has 0 aliphatic heterocycles. The second-order valence-electron chi connectivity index (χ2n) is 2.91. The molecule has 0 amide bonds. The molecule has 0 saturated carbocycles. The van der Waals surface area contributed by atoms with E-state index in [0.717, 1.165) is 30.0 Å². The Balaban J connectivity index is 2.50. The first-order chi connectivity index (χ1) is 7.26. The first-order valence-corrected chi connectivity index (χ1v) is 5.56. The van der Waals surface area contributed by atoms with E-state index in [4.69, 9.17) is 5.84 Å². The highest BCUT2D eigenvalue weighted by Crippen LogP contribution is 1.96. The van der Waals surface area contributed by atoms with Crippen LogP contribution in [0.25, 0.3) is 0 Å². The maximum absolute atomic E-state index is 10.8. The van der Waals surface area contributed by atoms with Crippen molar-refractivity contribution in [3.63, 3.8) is 0 Å². The van der Waals surface area contributed by atoms with Crippen molar-refractivity contribution >= 4 is 17.3 Å². The molecule has 1 aromatic heterocycles. The van der Waals surface area contributed by atoms with Gasteiger partial charge in [-0.1, -0.05) is 18.3 Å². The van der Waals surface area contributed by atoms with Gasteiger partial charge < -0.3 is 10.3 Å². The number of nitrogens with zero attached hydrogens (tertiary/aromatic N) is 1. The Morgan fingerprint density at radius 1 is 1.73 bits per heavy atom. The fraction of sp³-hybridized carbons (Fsp3) is 0.500. The number of nitrogens with one attached hydrogen (secondary N) is 3. The monoisotopic (exact) mass is 229 g/mol. The molecule has 0 atom stereocenters. The van der Waals surface area contributed by atoms with Crippen molar-refractivity contribution < 1.29 is 0 Å². The Morgan fingerprint density at radius 2 is 2.53 bits per heavy atom. The van der Waals surface area contributed by atoms with Gasteiger partial charge in [-0.2, -0.15) is 0 Å². The van der Waals surface area contributed by atoms with E-state index in [-0.39, 0.29) is 4.87 Å². The summed E-state index contributed by atoms with van der Waals surface area (Å²) in [7, 11) is 0. The van der Waals surface area contributed by atoms with Crippen molar-refractivity contribution in [3.8, 4) is 0 Å². The molecular formula is C8H15N5OS. The van der Waals surface area contributed by atoms with Gasteiger partial charge in [0, 0.05) is 11.9 Å². The van der Waals surface area contributed by atoms with Gasteiger partial charge in [0.2, 0.25) is 5.96 Å². The van der Waals surface area contributed by atoms with Crippen LogP contribution in [0, 0.1) is 0 Å². The second-order valence-corrected chi connectivity index (χ2v) is 3.75. The summed E-state index contributed by atoms with van der Waals surface area (Å²) in [6.45, 7) is 3.27. The average molecular weight is 229 g/mol. The van der Waals surface area contributed by atoms with Crippen LogP contribution in [0.2, 0.25) is 0 Å². The minimum atomic E-state index is -0.0658. The number of H-pyrrole nitrogens is 1. The van der Waals surface area contributed by atoms with E-state index in [1.54, 1.807) is 5.38 Å². The molecule has 0 aliphatic rings. The molecule has 6 nitrogen and oxygen atoms in total. The third kappa shape index (κ3) is 4.13. The minimum absolute atomic E-state index is 0.0658. The molecule has 0 aliphatic carbocycles. The molecule has 0 saturated heterocycles. The van der Waals surface area contributed by atoms with E-state index in [0.29, 0.717) is 12.5 Å². The standard InChI is InChI=1S/C8H15N5OS/c1-2-3-10-7(13-9)11-4-6-5-15-8(14)12-6/h5H,2-4,9H2,1H3,(H,12,14)(H2,10,11,13). The Morgan fingerprint density at radius 3 is 3.07 bits per heavy atom. The molecule has 7 heteroatoms. The number of hydrogen-bond donors (Lipinski definition) is 4. The van der Waals surface area contributed by atoms with Gasteiger partial charge in [-0.05, 0) is 6.42 Å². The van der Waals surface area contributed by atoms with Crippen LogP contribution in [0.4, 0.5) is 0 Å². The van der Waals surface area contributed by atoms with Gasteiger partial charge in [-0.15, -0.1) is 0 Å². The van der Waals surface area contributed by atoms with E-state index < -0.39 is 0 Å². The molecule has 1 aromatic rings. The first kappa shape index (κ1) is 11.7. The SMILES string of the molecule is CCCNC(=NCc1csc(=O)[nH]1)NN. The third-order valence-corrected chi connectivity index (χ3v) is 2.38. The lowest BCUT2D eigenvalue weighted by Gasteiger charge is -2.06. The Kier molecular flexibility index (Phi) is 4.85. The summed E-state index contributed by atoms with van der Waals surface area (Å²) in [5.74, 6) is 5.80. The maximum atomic E-state index is 10.8. The van der Waals surface area contributed by atoms with Crippen LogP contribution >= 0.6 is 11.3 Å². The molecule has 0 radical (unpaired) electrons. The molecule has 1 rings (SSSR count). The topological polar surface area (TPSA) is 95.3 Å². The predicted molar refractivity (Wildman–Crippen MR) is 61.7 cm³/mol. The van der Waals surface area contributed by atoms with Crippen LogP contribution in [0.1, 0.15) is 19.0 Å². The molecule has 0 bridgehead atoms. The highest BCUT2D eigenvalue weighted by molar-refractivity contribution is 7.07. The molecule has 0 spiro atoms. The van der Waals surface area contributed by atoms with Crippen molar-refractivity contribution in [2.45, 2.75) is 19.9 Å². The number of hydrazine groups is 1. The summed E-state index contributed by atoms with van der Waals surface area (Å²) in [6.07, 6.45) is 0.996. The number of aromatic amines is 1. The van der Waals surface area contributed by atoms with Gasteiger partial charge in [-0.3, -0.25) is 10.2 Å². The zero-order valence-corrected chi connectivity index (χ0v) is 9.36. The molecule has 5 N–H and O–H groups in total. The summed E-state index contributed by atoms with van der Waals surface area (Å²) in [5, 5.41) is 4.77. The predicted octanol–water partition coefficient (Wildman–Crippen LogP) is -0.245. The van der Waals surface area contributed by atoms with Gasteiger partial charge in [0.15, 0.2) is 0 Å². The van der Waals surface area contributed by atoms with Crippen LogP contribution < -0.4 is 21.5 Å². The third-order valence-electron chi connectivity index (χ3n) is 1.66. The molecule has 15 heavy (non-hydrogen) atoms. The number of aliphatic imine (C=N–C) groups is 1. The van der Waals surface area contributed by atoms with Crippen molar-refractivity contribution in [1.29, 1.82) is 0 Å². The molecular weight excluding hydrogens is 214 g/mol. The number of nitrogens with two attached hydrogens (primary N) is 1. The summed E-state index contributed by atoms with van der Waals surface area (Å²) in [5.41, 5.74) is 3.25. The number of guanidine groups is 1. The normalized spacial score (nSPS) is 11.5. The molecule has 0 unspecified atom stereocenters. The van der Waals surface area contributed by atoms with E-state index in [1.165, 1.54) is 0 Å². The number of thiazole rings is 1. The Hall–Kier alpha value is -1.34. The van der Waals surface area contributed by atoms with E-state index >= 15 is 0 Å². The zero-order chi connectivity index (χ0) is 11.1. The van der Waals surface area contributed by atoms with E-state index in [9.17, 15) is 4.79 Å².